The molecule has 2 aromatic heterocycles. The number of nitrogens with one attached hydrogen (secondary N) is 1. The lowest BCUT2D eigenvalue weighted by Crippen LogP contribution is -2.31. The molecule has 1 atom stereocenters. The second kappa shape index (κ2) is 6.87. The normalized spacial score (nSPS) is 17.7. The summed E-state index contributed by atoms with van der Waals surface area (Å²) in [5.74, 6) is 0.808. The third-order valence-corrected chi connectivity index (χ3v) is 4.03. The summed E-state index contributed by atoms with van der Waals surface area (Å²) in [5, 5.41) is 0. The first kappa shape index (κ1) is 15.6. The highest BCUT2D eigenvalue weighted by atomic mass is 16.5. The van der Waals surface area contributed by atoms with E-state index in [4.69, 9.17) is 4.74 Å². The third kappa shape index (κ3) is 3.39. The quantitative estimate of drug-likeness (QED) is 0.910. The molecule has 0 radical (unpaired) electrons. The smallest absolute Gasteiger partial charge is 0.225 e. The highest BCUT2D eigenvalue weighted by molar-refractivity contribution is 5.77. The van der Waals surface area contributed by atoms with Crippen molar-refractivity contribution in [3.63, 3.8) is 0 Å². The van der Waals surface area contributed by atoms with E-state index in [9.17, 15) is 4.79 Å². The van der Waals surface area contributed by atoms with Gasteiger partial charge in [0.15, 0.2) is 5.82 Å². The van der Waals surface area contributed by atoms with E-state index in [1.165, 1.54) is 0 Å². The number of aryl methyl sites for hydroxylation is 1. The number of likely N-dealkylation sites (tertiary alicyclic amines) is 1. The highest BCUT2D eigenvalue weighted by Crippen LogP contribution is 2.31. The van der Waals surface area contributed by atoms with Gasteiger partial charge in [-0.3, -0.25) is 9.78 Å². The van der Waals surface area contributed by atoms with Crippen molar-refractivity contribution < 1.29 is 9.53 Å². The van der Waals surface area contributed by atoms with Gasteiger partial charge < -0.3 is 14.6 Å². The molecular weight excluding hydrogens is 294 g/mol. The molecule has 3 rings (SSSR count). The average molecular weight is 315 g/mol. The van der Waals surface area contributed by atoms with Crippen molar-refractivity contribution in [2.75, 3.05) is 20.3 Å². The first-order valence-electron chi connectivity index (χ1n) is 7.81. The summed E-state index contributed by atoms with van der Waals surface area (Å²) < 4.78 is 5.00. The Bertz CT molecular complexity index is 685. The highest BCUT2D eigenvalue weighted by Gasteiger charge is 2.31. The van der Waals surface area contributed by atoms with Gasteiger partial charge in [-0.25, -0.2) is 9.97 Å². The fourth-order valence-corrected chi connectivity index (χ4v) is 2.90. The van der Waals surface area contributed by atoms with Crippen LogP contribution < -0.4 is 0 Å². The van der Waals surface area contributed by atoms with Gasteiger partial charge in [-0.1, -0.05) is 0 Å². The number of hydrogen-bond acceptors (Lipinski definition) is 5. The van der Waals surface area contributed by atoms with Crippen molar-refractivity contribution in [2.45, 2.75) is 32.2 Å². The Hall–Kier alpha value is -2.28. The van der Waals surface area contributed by atoms with E-state index in [2.05, 4.69) is 19.9 Å². The molecule has 1 N–H and O–H groups in total. The van der Waals surface area contributed by atoms with E-state index in [1.54, 1.807) is 25.7 Å². The number of rotatable bonds is 5. The van der Waals surface area contributed by atoms with Gasteiger partial charge in [-0.2, -0.15) is 0 Å². The number of imidazole rings is 1. The van der Waals surface area contributed by atoms with Gasteiger partial charge in [0.2, 0.25) is 5.91 Å². The Kier molecular flexibility index (Phi) is 4.66. The minimum atomic E-state index is -0.0112. The van der Waals surface area contributed by atoms with Crippen molar-refractivity contribution in [3.8, 4) is 11.5 Å². The Morgan fingerprint density at radius 3 is 3.04 bits per heavy atom. The Balaban J connectivity index is 1.81. The zero-order chi connectivity index (χ0) is 16.2. The number of hydrogen-bond donors (Lipinski definition) is 1. The molecule has 0 spiro atoms. The Morgan fingerprint density at radius 1 is 1.43 bits per heavy atom. The van der Waals surface area contributed by atoms with Crippen LogP contribution >= 0.6 is 0 Å². The molecule has 0 aromatic carbocycles. The summed E-state index contributed by atoms with van der Waals surface area (Å²) in [6.45, 7) is 3.15. The van der Waals surface area contributed by atoms with E-state index in [0.29, 0.717) is 24.5 Å². The largest absolute Gasteiger partial charge is 0.384 e. The van der Waals surface area contributed by atoms with Crippen LogP contribution in [0.4, 0.5) is 0 Å². The molecule has 0 aliphatic carbocycles. The first-order valence-corrected chi connectivity index (χ1v) is 7.81. The molecule has 1 aliphatic heterocycles. The number of methoxy groups -OCH3 is 1. The van der Waals surface area contributed by atoms with Crippen LogP contribution in [0.15, 0.2) is 18.6 Å². The van der Waals surface area contributed by atoms with Crippen LogP contribution in [0.3, 0.4) is 0 Å². The summed E-state index contributed by atoms with van der Waals surface area (Å²) in [7, 11) is 1.61. The van der Waals surface area contributed by atoms with E-state index >= 15 is 0 Å². The topological polar surface area (TPSA) is 84.0 Å². The number of ether oxygens (including phenoxy) is 1. The van der Waals surface area contributed by atoms with E-state index in [1.807, 2.05) is 11.8 Å². The maximum Gasteiger partial charge on any atom is 0.225 e. The van der Waals surface area contributed by atoms with E-state index < -0.39 is 0 Å². The zero-order valence-electron chi connectivity index (χ0n) is 13.5. The number of aromatic nitrogens is 4. The minimum Gasteiger partial charge on any atom is -0.384 e. The lowest BCUT2D eigenvalue weighted by molar-refractivity contribution is -0.133. The van der Waals surface area contributed by atoms with Crippen molar-refractivity contribution in [1.29, 1.82) is 0 Å². The van der Waals surface area contributed by atoms with Crippen molar-refractivity contribution >= 4 is 5.91 Å². The SMILES string of the molecule is COCCC(=O)N1CCC[C@@H]1c1cncc(-c2ncc(C)[nH]2)n1. The Morgan fingerprint density at radius 2 is 2.30 bits per heavy atom. The number of carbonyl (C=O) groups excluding carboxylic acids is 1. The molecule has 0 saturated carbocycles. The molecule has 3 heterocycles. The molecule has 1 saturated heterocycles. The van der Waals surface area contributed by atoms with Gasteiger partial charge in [0.25, 0.3) is 0 Å². The molecule has 7 nitrogen and oxygen atoms in total. The monoisotopic (exact) mass is 315 g/mol. The molecule has 0 bridgehead atoms. The van der Waals surface area contributed by atoms with Crippen molar-refractivity contribution in [2.24, 2.45) is 0 Å². The zero-order valence-corrected chi connectivity index (χ0v) is 13.5. The van der Waals surface area contributed by atoms with Gasteiger partial charge in [0, 0.05) is 25.5 Å². The predicted octanol–water partition coefficient (Wildman–Crippen LogP) is 1.88. The van der Waals surface area contributed by atoms with Gasteiger partial charge in [-0.15, -0.1) is 0 Å². The average Bonchev–Trinajstić information content (AvgIpc) is 3.21. The van der Waals surface area contributed by atoms with Crippen LogP contribution in [0, 0.1) is 6.92 Å². The molecular formula is C16H21N5O2. The maximum absolute atomic E-state index is 12.3. The first-order chi connectivity index (χ1) is 11.2. The second-order valence-electron chi connectivity index (χ2n) is 5.73. The standard InChI is InChI=1S/C16H21N5O2/c1-11-8-18-16(19-11)13-10-17-9-12(20-13)14-4-3-6-21(14)15(22)5-7-23-2/h8-10,14H,3-7H2,1-2H3,(H,18,19)/t14-/m1/s1. The molecule has 1 aliphatic rings. The number of nitrogens with zero attached hydrogens (tertiary/aromatic N) is 4. The van der Waals surface area contributed by atoms with Crippen LogP contribution in [0.1, 0.15) is 36.7 Å². The summed E-state index contributed by atoms with van der Waals surface area (Å²) in [6, 6.07) is -0.0112. The number of carbonyl (C=O) groups is 1. The van der Waals surface area contributed by atoms with Crippen LogP contribution in [0.2, 0.25) is 0 Å². The Labute approximate surface area is 135 Å². The van der Waals surface area contributed by atoms with Crippen molar-refractivity contribution in [1.82, 2.24) is 24.8 Å². The fraction of sp³-hybridized carbons (Fsp3) is 0.500. The molecule has 2 aromatic rings. The van der Waals surface area contributed by atoms with Gasteiger partial charge in [-0.05, 0) is 19.8 Å². The van der Waals surface area contributed by atoms with Gasteiger partial charge >= 0.3 is 0 Å². The maximum atomic E-state index is 12.3. The van der Waals surface area contributed by atoms with Crippen LogP contribution in [-0.2, 0) is 9.53 Å². The summed E-state index contributed by atoms with van der Waals surface area (Å²) in [5.41, 5.74) is 2.50. The number of H-pyrrole nitrogens is 1. The molecule has 1 fully saturated rings. The van der Waals surface area contributed by atoms with Gasteiger partial charge in [0.05, 0.1) is 37.2 Å². The van der Waals surface area contributed by atoms with Crippen LogP contribution in [0.5, 0.6) is 0 Å². The third-order valence-electron chi connectivity index (χ3n) is 4.03. The fourth-order valence-electron chi connectivity index (χ4n) is 2.90. The molecule has 23 heavy (non-hydrogen) atoms. The lowest BCUT2D eigenvalue weighted by atomic mass is 10.1. The van der Waals surface area contributed by atoms with E-state index in [-0.39, 0.29) is 11.9 Å². The van der Waals surface area contributed by atoms with Crippen molar-refractivity contribution in [3.05, 3.63) is 30.0 Å². The molecule has 122 valence electrons. The number of aromatic amines is 1. The van der Waals surface area contributed by atoms with E-state index in [0.717, 1.165) is 30.8 Å². The molecule has 1 amide bonds. The molecule has 0 unspecified atom stereocenters. The summed E-state index contributed by atoms with van der Waals surface area (Å²) >= 11 is 0. The van der Waals surface area contributed by atoms with Crippen LogP contribution in [-0.4, -0.2) is 51.0 Å². The second-order valence-corrected chi connectivity index (χ2v) is 5.73. The lowest BCUT2D eigenvalue weighted by Gasteiger charge is -2.24. The van der Waals surface area contributed by atoms with Gasteiger partial charge in [0.1, 0.15) is 5.69 Å². The summed E-state index contributed by atoms with van der Waals surface area (Å²) in [6.07, 6.45) is 7.49. The van der Waals surface area contributed by atoms with Crippen LogP contribution in [0.25, 0.3) is 11.5 Å². The molecule has 7 heteroatoms. The predicted molar refractivity (Wildman–Crippen MR) is 84.5 cm³/mol. The summed E-state index contributed by atoms with van der Waals surface area (Å²) in [4.78, 5) is 30.6. The minimum absolute atomic E-state index is 0.0112. The number of amides is 1.